The van der Waals surface area contributed by atoms with Crippen LogP contribution < -0.4 is 22.3 Å². The molecule has 0 aliphatic heterocycles. The number of aromatic nitrogens is 2. The van der Waals surface area contributed by atoms with E-state index in [9.17, 15) is 14.4 Å². The summed E-state index contributed by atoms with van der Waals surface area (Å²) in [5.41, 5.74) is 4.13. The summed E-state index contributed by atoms with van der Waals surface area (Å²) < 4.78 is 2.03. The van der Waals surface area contributed by atoms with E-state index >= 15 is 0 Å². The van der Waals surface area contributed by atoms with E-state index in [1.807, 2.05) is 6.07 Å². The van der Waals surface area contributed by atoms with Crippen molar-refractivity contribution in [3.63, 3.8) is 0 Å². The average Bonchev–Trinajstić information content (AvgIpc) is 2.39. The summed E-state index contributed by atoms with van der Waals surface area (Å²) in [5, 5.41) is 10.8. The van der Waals surface area contributed by atoms with Gasteiger partial charge in [-0.3, -0.25) is 14.2 Å². The molecule has 0 radical (unpaired) electrons. The highest BCUT2D eigenvalue weighted by atomic mass is 16.2. The molecule has 0 aliphatic carbocycles. The van der Waals surface area contributed by atoms with Gasteiger partial charge in [0, 0.05) is 19.3 Å². The molecule has 1 aromatic rings. The number of nitrogens with one attached hydrogen (secondary N) is 1. The third kappa shape index (κ3) is 3.45. The van der Waals surface area contributed by atoms with E-state index in [-0.39, 0.29) is 18.7 Å². The molecule has 1 rings (SSSR count). The zero-order valence-corrected chi connectivity index (χ0v) is 10.5. The van der Waals surface area contributed by atoms with Crippen LogP contribution in [0.2, 0.25) is 0 Å². The first-order valence-corrected chi connectivity index (χ1v) is 5.74. The van der Waals surface area contributed by atoms with Crippen molar-refractivity contribution >= 4 is 11.6 Å². The highest BCUT2D eigenvalue weighted by molar-refractivity contribution is 5.75. The Balaban J connectivity index is 2.98. The Kier molecular flexibility index (Phi) is 4.88. The van der Waals surface area contributed by atoms with Crippen LogP contribution in [0.25, 0.3) is 0 Å². The summed E-state index contributed by atoms with van der Waals surface area (Å²) in [6.07, 6.45) is 1.42. The van der Waals surface area contributed by atoms with Crippen LogP contribution in [0.1, 0.15) is 13.3 Å². The second-order valence-electron chi connectivity index (χ2n) is 3.80. The summed E-state index contributed by atoms with van der Waals surface area (Å²) >= 11 is 0. The Morgan fingerprint density at radius 1 is 1.53 bits per heavy atom. The van der Waals surface area contributed by atoms with Crippen LogP contribution >= 0.6 is 0 Å². The van der Waals surface area contributed by atoms with Gasteiger partial charge >= 0.3 is 5.69 Å². The highest BCUT2D eigenvalue weighted by Gasteiger charge is 2.11. The van der Waals surface area contributed by atoms with E-state index < -0.39 is 23.7 Å². The summed E-state index contributed by atoms with van der Waals surface area (Å²) in [6.45, 7) is 1.84. The molecule has 0 aromatic carbocycles. The van der Waals surface area contributed by atoms with Gasteiger partial charge < -0.3 is 11.1 Å². The molecule has 0 saturated heterocycles. The van der Waals surface area contributed by atoms with Gasteiger partial charge in [-0.1, -0.05) is 0 Å². The summed E-state index contributed by atoms with van der Waals surface area (Å²) in [4.78, 5) is 35.1. The number of carbonyl (C=O) groups excluding carboxylic acids is 1. The van der Waals surface area contributed by atoms with Gasteiger partial charge in [0.15, 0.2) is 0 Å². The van der Waals surface area contributed by atoms with Crippen LogP contribution in [-0.2, 0) is 17.9 Å². The van der Waals surface area contributed by atoms with Gasteiger partial charge in [-0.05, 0) is 6.92 Å². The minimum Gasteiger partial charge on any atom is -0.393 e. The van der Waals surface area contributed by atoms with Crippen LogP contribution in [0.5, 0.6) is 0 Å². The topological polar surface area (TPSA) is 123 Å². The predicted octanol–water partition coefficient (Wildman–Crippen LogP) is -1.36. The van der Waals surface area contributed by atoms with Crippen molar-refractivity contribution in [3.8, 4) is 6.07 Å². The molecule has 8 heteroatoms. The number of nitrogens with two attached hydrogens (primary N) is 1. The second kappa shape index (κ2) is 6.39. The van der Waals surface area contributed by atoms with Crippen molar-refractivity contribution in [1.29, 1.82) is 5.26 Å². The lowest BCUT2D eigenvalue weighted by Crippen LogP contribution is -2.44. The Hall–Kier alpha value is -2.56. The molecule has 0 fully saturated rings. The number of nitriles is 1. The van der Waals surface area contributed by atoms with Gasteiger partial charge in [-0.15, -0.1) is 0 Å². The molecular formula is C11H15N5O3. The SMILES string of the molecule is CCn1cc(N)c(=O)n(CC(=O)NCCC#N)c1=O. The molecular weight excluding hydrogens is 250 g/mol. The molecule has 0 spiro atoms. The van der Waals surface area contributed by atoms with E-state index in [2.05, 4.69) is 5.32 Å². The second-order valence-corrected chi connectivity index (χ2v) is 3.80. The summed E-state index contributed by atoms with van der Waals surface area (Å²) in [5.74, 6) is -0.511. The van der Waals surface area contributed by atoms with Crippen molar-refractivity contribution in [2.24, 2.45) is 0 Å². The Bertz CT molecular complexity index is 623. The molecule has 1 heterocycles. The predicted molar refractivity (Wildman–Crippen MR) is 68.3 cm³/mol. The fourth-order valence-corrected chi connectivity index (χ4v) is 1.50. The molecule has 0 aliphatic rings. The quantitative estimate of drug-likeness (QED) is 0.636. The van der Waals surface area contributed by atoms with Gasteiger partial charge in [0.2, 0.25) is 5.91 Å². The molecule has 0 bridgehead atoms. The number of rotatable bonds is 5. The lowest BCUT2D eigenvalue weighted by Gasteiger charge is -2.09. The number of amides is 1. The minimum absolute atomic E-state index is 0.0914. The van der Waals surface area contributed by atoms with Gasteiger partial charge in [0.05, 0.1) is 12.5 Å². The Morgan fingerprint density at radius 3 is 2.79 bits per heavy atom. The van der Waals surface area contributed by atoms with Gasteiger partial charge in [0.1, 0.15) is 12.2 Å². The standard InChI is InChI=1S/C11H15N5O3/c1-2-15-6-8(13)10(18)16(11(15)19)7-9(17)14-5-3-4-12/h6H,2-3,5,7,13H2,1H3,(H,14,17). The van der Waals surface area contributed by atoms with Crippen LogP contribution in [0.15, 0.2) is 15.8 Å². The number of hydrogen-bond acceptors (Lipinski definition) is 5. The van der Waals surface area contributed by atoms with Crippen molar-refractivity contribution in [3.05, 3.63) is 27.0 Å². The van der Waals surface area contributed by atoms with Gasteiger partial charge in [-0.25, -0.2) is 9.36 Å². The molecule has 3 N–H and O–H groups in total. The van der Waals surface area contributed by atoms with Crippen molar-refractivity contribution < 1.29 is 4.79 Å². The highest BCUT2D eigenvalue weighted by Crippen LogP contribution is 1.89. The minimum atomic E-state index is -0.690. The molecule has 1 amide bonds. The van der Waals surface area contributed by atoms with Crippen LogP contribution in [0.4, 0.5) is 5.69 Å². The lowest BCUT2D eigenvalue weighted by molar-refractivity contribution is -0.121. The summed E-state index contributed by atoms with van der Waals surface area (Å²) in [7, 11) is 0. The maximum atomic E-state index is 11.9. The molecule has 1 aromatic heterocycles. The van der Waals surface area contributed by atoms with E-state index in [0.29, 0.717) is 6.54 Å². The van der Waals surface area contributed by atoms with E-state index in [0.717, 1.165) is 4.57 Å². The lowest BCUT2D eigenvalue weighted by atomic mass is 10.4. The normalized spacial score (nSPS) is 9.89. The fraction of sp³-hybridized carbons (Fsp3) is 0.455. The number of nitrogens with zero attached hydrogens (tertiary/aromatic N) is 3. The Labute approximate surface area is 109 Å². The maximum Gasteiger partial charge on any atom is 0.331 e. The number of aryl methyl sites for hydroxylation is 1. The molecule has 0 atom stereocenters. The third-order valence-corrected chi connectivity index (χ3v) is 2.47. The molecule has 102 valence electrons. The van der Waals surface area contributed by atoms with E-state index in [4.69, 9.17) is 11.0 Å². The van der Waals surface area contributed by atoms with Crippen LogP contribution in [0.3, 0.4) is 0 Å². The first kappa shape index (κ1) is 14.5. The zero-order valence-electron chi connectivity index (χ0n) is 10.5. The number of hydrogen-bond donors (Lipinski definition) is 2. The third-order valence-electron chi connectivity index (χ3n) is 2.47. The molecule has 19 heavy (non-hydrogen) atoms. The van der Waals surface area contributed by atoms with E-state index in [1.54, 1.807) is 6.92 Å². The first-order chi connectivity index (χ1) is 9.01. The number of carbonyl (C=O) groups is 1. The molecule has 0 unspecified atom stereocenters. The fourth-order valence-electron chi connectivity index (χ4n) is 1.50. The number of anilines is 1. The molecule has 0 saturated carbocycles. The van der Waals surface area contributed by atoms with Crippen LogP contribution in [0, 0.1) is 11.3 Å². The monoisotopic (exact) mass is 265 g/mol. The Morgan fingerprint density at radius 2 is 2.21 bits per heavy atom. The maximum absolute atomic E-state index is 11.9. The van der Waals surface area contributed by atoms with Gasteiger partial charge in [-0.2, -0.15) is 5.26 Å². The van der Waals surface area contributed by atoms with Crippen LogP contribution in [-0.4, -0.2) is 21.6 Å². The summed E-state index contributed by atoms with van der Waals surface area (Å²) in [6, 6.07) is 1.87. The van der Waals surface area contributed by atoms with Crippen molar-refractivity contribution in [2.75, 3.05) is 12.3 Å². The number of nitrogen functional groups attached to an aromatic ring is 1. The van der Waals surface area contributed by atoms with Gasteiger partial charge in [0.25, 0.3) is 5.56 Å². The average molecular weight is 265 g/mol. The smallest absolute Gasteiger partial charge is 0.331 e. The van der Waals surface area contributed by atoms with Crippen molar-refractivity contribution in [2.45, 2.75) is 26.4 Å². The largest absolute Gasteiger partial charge is 0.393 e. The zero-order chi connectivity index (χ0) is 14.4. The van der Waals surface area contributed by atoms with E-state index in [1.165, 1.54) is 10.8 Å². The van der Waals surface area contributed by atoms with Crippen molar-refractivity contribution in [1.82, 2.24) is 14.5 Å². The molecule has 8 nitrogen and oxygen atoms in total. The first-order valence-electron chi connectivity index (χ1n) is 5.74.